The van der Waals surface area contributed by atoms with Crippen LogP contribution in [0.5, 0.6) is 0 Å². The van der Waals surface area contributed by atoms with Gasteiger partial charge in [0.25, 0.3) is 0 Å². The number of hydrogen-bond donors (Lipinski definition) is 1. The van der Waals surface area contributed by atoms with Gasteiger partial charge in [-0.25, -0.2) is 4.79 Å². The van der Waals surface area contributed by atoms with Crippen LogP contribution in [0.2, 0.25) is 0 Å². The summed E-state index contributed by atoms with van der Waals surface area (Å²) in [5.74, 6) is -0.225. The molecule has 4 nitrogen and oxygen atoms in total. The SMILES string of the molecule is CN1CC(=O)NC1=O.[Au]. The van der Waals surface area contributed by atoms with E-state index in [1.54, 1.807) is 7.05 Å². The molecule has 0 aromatic heterocycles. The maximum Gasteiger partial charge on any atom is 0.324 e. The van der Waals surface area contributed by atoms with Crippen LogP contribution < -0.4 is 5.32 Å². The van der Waals surface area contributed by atoms with Gasteiger partial charge in [-0.3, -0.25) is 10.1 Å². The van der Waals surface area contributed by atoms with Crippen LogP contribution in [0.1, 0.15) is 0 Å². The van der Waals surface area contributed by atoms with Crippen molar-refractivity contribution in [1.29, 1.82) is 0 Å². The van der Waals surface area contributed by atoms with E-state index in [0.29, 0.717) is 0 Å². The molecule has 1 rings (SSSR count). The molecule has 1 aliphatic heterocycles. The quantitative estimate of drug-likeness (QED) is 0.469. The molecule has 5 heteroatoms. The summed E-state index contributed by atoms with van der Waals surface area (Å²) in [7, 11) is 1.57. The Hall–Kier alpha value is -0.320. The summed E-state index contributed by atoms with van der Waals surface area (Å²) >= 11 is 0. The molecule has 55 valence electrons. The molecule has 3 amide bonds. The van der Waals surface area contributed by atoms with Crippen LogP contribution in [0.25, 0.3) is 0 Å². The molecule has 1 radical (unpaired) electrons. The number of rotatable bonds is 0. The number of urea groups is 1. The largest absolute Gasteiger partial charge is 0.324 e. The van der Waals surface area contributed by atoms with E-state index in [1.165, 1.54) is 4.90 Å². The smallest absolute Gasteiger partial charge is 0.318 e. The minimum absolute atomic E-state index is 0. The van der Waals surface area contributed by atoms with E-state index in [1.807, 2.05) is 0 Å². The monoisotopic (exact) mass is 311 g/mol. The Bertz CT molecular complexity index is 148. The van der Waals surface area contributed by atoms with Crippen molar-refractivity contribution >= 4 is 11.9 Å². The number of amides is 3. The molecule has 1 heterocycles. The molecule has 0 spiro atoms. The average Bonchev–Trinajstić information content (AvgIpc) is 1.85. The number of nitrogens with one attached hydrogen (secondary N) is 1. The van der Waals surface area contributed by atoms with E-state index in [4.69, 9.17) is 0 Å². The average molecular weight is 311 g/mol. The van der Waals surface area contributed by atoms with Gasteiger partial charge in [-0.15, -0.1) is 0 Å². The predicted molar refractivity (Wildman–Crippen MR) is 26.2 cm³/mol. The molecule has 0 aliphatic carbocycles. The van der Waals surface area contributed by atoms with Crippen LogP contribution in [0.15, 0.2) is 0 Å². The summed E-state index contributed by atoms with van der Waals surface area (Å²) in [6, 6.07) is -0.310. The first-order chi connectivity index (χ1) is 3.70. The van der Waals surface area contributed by atoms with Crippen LogP contribution in [0.4, 0.5) is 4.79 Å². The molecule has 1 aliphatic rings. The van der Waals surface area contributed by atoms with Crippen LogP contribution in [-0.2, 0) is 27.2 Å². The Morgan fingerprint density at radius 2 is 2.11 bits per heavy atom. The molecular weight excluding hydrogens is 305 g/mol. The second kappa shape index (κ2) is 3.00. The zero-order valence-electron chi connectivity index (χ0n) is 4.77. The molecule has 0 unspecified atom stereocenters. The maximum atomic E-state index is 10.4. The zero-order chi connectivity index (χ0) is 6.15. The molecule has 1 N–H and O–H groups in total. The molecule has 9 heavy (non-hydrogen) atoms. The fraction of sp³-hybridized carbons (Fsp3) is 0.500. The van der Waals surface area contributed by atoms with Crippen LogP contribution in [0.3, 0.4) is 0 Å². The van der Waals surface area contributed by atoms with Gasteiger partial charge in [-0.1, -0.05) is 0 Å². The number of carbonyl (C=O) groups excluding carboxylic acids is 2. The third-order valence-corrected chi connectivity index (χ3v) is 0.974. The Labute approximate surface area is 68.1 Å². The van der Waals surface area contributed by atoms with Gasteiger partial charge in [0.15, 0.2) is 0 Å². The number of imide groups is 1. The third-order valence-electron chi connectivity index (χ3n) is 0.974. The number of nitrogens with zero attached hydrogens (tertiary/aromatic N) is 1. The summed E-state index contributed by atoms with van der Waals surface area (Å²) < 4.78 is 0. The van der Waals surface area contributed by atoms with Gasteiger partial charge in [0.1, 0.15) is 6.54 Å². The second-order valence-corrected chi connectivity index (χ2v) is 1.71. The van der Waals surface area contributed by atoms with Gasteiger partial charge in [0.2, 0.25) is 5.91 Å². The molecular formula is C4H6AuN2O2. The summed E-state index contributed by atoms with van der Waals surface area (Å²) in [5, 5.41) is 2.11. The second-order valence-electron chi connectivity index (χ2n) is 1.71. The third kappa shape index (κ3) is 1.82. The molecule has 0 atom stereocenters. The first-order valence-corrected chi connectivity index (χ1v) is 2.25. The van der Waals surface area contributed by atoms with Crippen molar-refractivity contribution in [2.75, 3.05) is 13.6 Å². The first kappa shape index (κ1) is 8.68. The molecule has 0 saturated carbocycles. The Morgan fingerprint density at radius 1 is 1.56 bits per heavy atom. The van der Waals surface area contributed by atoms with Crippen molar-refractivity contribution in [2.24, 2.45) is 0 Å². The normalized spacial score (nSPS) is 17.2. The van der Waals surface area contributed by atoms with Crippen LogP contribution in [0, 0.1) is 0 Å². The zero-order valence-corrected chi connectivity index (χ0v) is 6.94. The summed E-state index contributed by atoms with van der Waals surface area (Å²) in [5.41, 5.74) is 0. The Balaban J connectivity index is 0.000000640. The van der Waals surface area contributed by atoms with Gasteiger partial charge in [-0.2, -0.15) is 0 Å². The minimum atomic E-state index is -0.310. The standard InChI is InChI=1S/C4H6N2O2.Au/c1-6-2-3(7)5-4(6)8;/h2H2,1H3,(H,5,7,8);. The summed E-state index contributed by atoms with van der Waals surface area (Å²) in [6.45, 7) is 0.193. The molecule has 1 fully saturated rings. The van der Waals surface area contributed by atoms with Crippen molar-refractivity contribution < 1.29 is 32.0 Å². The molecule has 0 aromatic rings. The van der Waals surface area contributed by atoms with E-state index >= 15 is 0 Å². The molecule has 0 aromatic carbocycles. The van der Waals surface area contributed by atoms with E-state index in [2.05, 4.69) is 5.32 Å². The number of hydrogen-bond acceptors (Lipinski definition) is 2. The molecule has 0 bridgehead atoms. The summed E-state index contributed by atoms with van der Waals surface area (Å²) in [4.78, 5) is 22.0. The number of carbonyl (C=O) groups is 2. The van der Waals surface area contributed by atoms with Crippen LogP contribution >= 0.6 is 0 Å². The van der Waals surface area contributed by atoms with Crippen molar-refractivity contribution in [3.05, 3.63) is 0 Å². The van der Waals surface area contributed by atoms with E-state index < -0.39 is 0 Å². The van der Waals surface area contributed by atoms with Crippen LogP contribution in [-0.4, -0.2) is 30.4 Å². The topological polar surface area (TPSA) is 49.4 Å². The van der Waals surface area contributed by atoms with E-state index in [-0.39, 0.29) is 40.9 Å². The fourth-order valence-corrected chi connectivity index (χ4v) is 0.541. The predicted octanol–water partition coefficient (Wildman–Crippen LogP) is -0.834. The van der Waals surface area contributed by atoms with Gasteiger partial charge < -0.3 is 4.90 Å². The Morgan fingerprint density at radius 3 is 2.22 bits per heavy atom. The van der Waals surface area contributed by atoms with Crippen molar-refractivity contribution in [3.63, 3.8) is 0 Å². The Kier molecular flexibility index (Phi) is 2.90. The van der Waals surface area contributed by atoms with Crippen molar-refractivity contribution in [2.45, 2.75) is 0 Å². The maximum absolute atomic E-state index is 10.4. The van der Waals surface area contributed by atoms with Gasteiger partial charge in [0, 0.05) is 29.4 Å². The van der Waals surface area contributed by atoms with Gasteiger partial charge in [0.05, 0.1) is 0 Å². The minimum Gasteiger partial charge on any atom is -0.318 e. The van der Waals surface area contributed by atoms with E-state index in [9.17, 15) is 9.59 Å². The van der Waals surface area contributed by atoms with Crippen molar-refractivity contribution in [3.8, 4) is 0 Å². The summed E-state index contributed by atoms with van der Waals surface area (Å²) in [6.07, 6.45) is 0. The number of likely N-dealkylation sites (N-methyl/N-ethyl adjacent to an activating group) is 1. The van der Waals surface area contributed by atoms with E-state index in [0.717, 1.165) is 0 Å². The van der Waals surface area contributed by atoms with Gasteiger partial charge in [-0.05, 0) is 0 Å². The molecule has 1 saturated heterocycles. The first-order valence-electron chi connectivity index (χ1n) is 2.25. The van der Waals surface area contributed by atoms with Crippen molar-refractivity contribution in [1.82, 2.24) is 10.2 Å². The van der Waals surface area contributed by atoms with Gasteiger partial charge >= 0.3 is 6.03 Å². The fourth-order valence-electron chi connectivity index (χ4n) is 0.541.